The summed E-state index contributed by atoms with van der Waals surface area (Å²) in [6.45, 7) is 1.73. The number of halogens is 4. The summed E-state index contributed by atoms with van der Waals surface area (Å²) in [5, 5.41) is 18.1. The number of hydrogen-bond donors (Lipinski definition) is 4. The molecule has 0 bridgehead atoms. The van der Waals surface area contributed by atoms with Crippen molar-refractivity contribution in [1.82, 2.24) is 14.9 Å². The first-order valence-corrected chi connectivity index (χ1v) is 12.4. The molecular weight excluding hydrogens is 497 g/mol. The predicted molar refractivity (Wildman–Crippen MR) is 123 cm³/mol. The van der Waals surface area contributed by atoms with Crippen LogP contribution in [0, 0.1) is 17.5 Å². The van der Waals surface area contributed by atoms with Crippen LogP contribution in [0.3, 0.4) is 0 Å². The highest BCUT2D eigenvalue weighted by Crippen LogP contribution is 2.26. The van der Waals surface area contributed by atoms with Crippen LogP contribution in [0.5, 0.6) is 0 Å². The largest absolute Gasteiger partial charge is 0.409 e. The average molecular weight is 517 g/mol. The van der Waals surface area contributed by atoms with Gasteiger partial charge in [0.05, 0.1) is 22.0 Å². The lowest BCUT2D eigenvalue weighted by atomic mass is 10.1. The number of hydrogen-bond acceptors (Lipinski definition) is 7. The van der Waals surface area contributed by atoms with Crippen LogP contribution in [0.25, 0.3) is 11.0 Å². The van der Waals surface area contributed by atoms with Gasteiger partial charge in [0.1, 0.15) is 11.3 Å². The third kappa shape index (κ3) is 5.21. The lowest BCUT2D eigenvalue weighted by molar-refractivity contribution is 0.307. The molecule has 3 aromatic rings. The molecule has 34 heavy (non-hydrogen) atoms. The molecule has 1 aliphatic heterocycles. The van der Waals surface area contributed by atoms with Crippen molar-refractivity contribution in [3.8, 4) is 0 Å². The van der Waals surface area contributed by atoms with Gasteiger partial charge in [-0.3, -0.25) is 4.90 Å². The highest BCUT2D eigenvalue weighted by Gasteiger charge is 2.22. The van der Waals surface area contributed by atoms with E-state index >= 15 is 0 Å². The lowest BCUT2D eigenvalue weighted by Crippen LogP contribution is -2.42. The van der Waals surface area contributed by atoms with Crippen molar-refractivity contribution < 1.29 is 26.8 Å². The van der Waals surface area contributed by atoms with Crippen LogP contribution >= 0.6 is 11.6 Å². The topological polar surface area (TPSA) is 123 Å². The predicted octanol–water partition coefficient (Wildman–Crippen LogP) is 3.02. The van der Waals surface area contributed by atoms with E-state index in [2.05, 4.69) is 25.8 Å². The number of nitrogens with one attached hydrogen (secondary N) is 3. The molecule has 2 heterocycles. The quantitative estimate of drug-likeness (QED) is 0.172. The smallest absolute Gasteiger partial charge is 0.201 e. The number of amidine groups is 1. The van der Waals surface area contributed by atoms with Crippen molar-refractivity contribution in [2.75, 3.05) is 48.3 Å². The van der Waals surface area contributed by atoms with E-state index in [0.29, 0.717) is 26.2 Å². The molecule has 0 radical (unpaired) electrons. The summed E-state index contributed by atoms with van der Waals surface area (Å²) in [7, 11) is -2.98. The minimum absolute atomic E-state index is 0.0290. The van der Waals surface area contributed by atoms with Crippen molar-refractivity contribution in [2.24, 2.45) is 5.16 Å². The molecule has 182 valence electrons. The Morgan fingerprint density at radius 1 is 1.21 bits per heavy atom. The van der Waals surface area contributed by atoms with Gasteiger partial charge in [0.25, 0.3) is 0 Å². The Morgan fingerprint density at radius 3 is 2.62 bits per heavy atom. The summed E-state index contributed by atoms with van der Waals surface area (Å²) in [6, 6.07) is 4.50. The van der Waals surface area contributed by atoms with E-state index in [4.69, 9.17) is 11.6 Å². The molecule has 0 unspecified atom stereocenters. The molecule has 0 amide bonds. The lowest BCUT2D eigenvalue weighted by Gasteiger charge is -2.26. The van der Waals surface area contributed by atoms with Crippen molar-refractivity contribution in [3.05, 3.63) is 52.3 Å². The third-order valence-electron chi connectivity index (χ3n) is 5.36. The minimum atomic E-state index is -2.98. The van der Waals surface area contributed by atoms with E-state index in [-0.39, 0.29) is 50.6 Å². The van der Waals surface area contributed by atoms with E-state index < -0.39 is 27.3 Å². The number of oxime groups is 1. The second-order valence-corrected chi connectivity index (χ2v) is 10.4. The summed E-state index contributed by atoms with van der Waals surface area (Å²) < 4.78 is 65.2. The first-order valence-electron chi connectivity index (χ1n) is 10.2. The molecule has 1 aromatic heterocycles. The number of aromatic amines is 1. The van der Waals surface area contributed by atoms with Crippen molar-refractivity contribution >= 4 is 49.9 Å². The number of fused-ring (bicyclic) bond motifs is 1. The number of sulfone groups is 1. The molecule has 9 nitrogen and oxygen atoms in total. The highest BCUT2D eigenvalue weighted by atomic mass is 35.5. The Hall–Kier alpha value is -3.03. The van der Waals surface area contributed by atoms with E-state index in [1.807, 2.05) is 4.90 Å². The zero-order valence-corrected chi connectivity index (χ0v) is 19.1. The summed E-state index contributed by atoms with van der Waals surface area (Å²) in [5.74, 6) is -2.96. The SMILES string of the molecule is O=S1(=O)CCN(CCNc2nc3c(F)c(F)cc(/C(=N\O)Nc4ccc(F)c(Cl)c4)c3[nH]2)CC1. The van der Waals surface area contributed by atoms with E-state index in [1.165, 1.54) is 12.1 Å². The summed E-state index contributed by atoms with van der Waals surface area (Å²) >= 11 is 5.76. The van der Waals surface area contributed by atoms with Crippen LogP contribution in [-0.2, 0) is 9.84 Å². The van der Waals surface area contributed by atoms with Crippen molar-refractivity contribution in [2.45, 2.75) is 0 Å². The maximum atomic E-state index is 14.4. The van der Waals surface area contributed by atoms with Gasteiger partial charge in [0, 0.05) is 37.4 Å². The molecule has 2 aromatic carbocycles. The third-order valence-corrected chi connectivity index (χ3v) is 7.26. The van der Waals surface area contributed by atoms with E-state index in [0.717, 1.165) is 12.1 Å². The number of nitrogens with zero attached hydrogens (tertiary/aromatic N) is 3. The number of aromatic nitrogens is 2. The van der Waals surface area contributed by atoms with Gasteiger partial charge in [-0.25, -0.2) is 26.6 Å². The van der Waals surface area contributed by atoms with Gasteiger partial charge in [-0.2, -0.15) is 0 Å². The molecule has 1 fully saturated rings. The maximum absolute atomic E-state index is 14.4. The van der Waals surface area contributed by atoms with Gasteiger partial charge < -0.3 is 20.8 Å². The molecule has 4 N–H and O–H groups in total. The van der Waals surface area contributed by atoms with Gasteiger partial charge in [-0.15, -0.1) is 0 Å². The Balaban J connectivity index is 1.54. The molecule has 0 atom stereocenters. The molecule has 1 aliphatic rings. The van der Waals surface area contributed by atoms with Crippen LogP contribution in [0.1, 0.15) is 5.56 Å². The van der Waals surface area contributed by atoms with Gasteiger partial charge >= 0.3 is 0 Å². The molecule has 0 saturated carbocycles. The van der Waals surface area contributed by atoms with Crippen LogP contribution in [0.15, 0.2) is 29.4 Å². The minimum Gasteiger partial charge on any atom is -0.409 e. The summed E-state index contributed by atoms with van der Waals surface area (Å²) in [4.78, 5) is 8.87. The fraction of sp³-hybridized carbons (Fsp3) is 0.300. The van der Waals surface area contributed by atoms with Gasteiger partial charge in [0.2, 0.25) is 5.95 Å². The highest BCUT2D eigenvalue weighted by molar-refractivity contribution is 7.91. The standard InChI is InChI=1S/C20H20ClF3N6O3S/c21-13-9-11(1-2-14(13)22)26-19(29-31)12-10-15(23)16(24)18-17(12)27-20(28-18)25-3-4-30-5-7-34(32,33)8-6-30/h1-2,9-10,31H,3-8H2,(H,26,29)(H2,25,27,28). The zero-order valence-electron chi connectivity index (χ0n) is 17.6. The van der Waals surface area contributed by atoms with Gasteiger partial charge in [-0.1, -0.05) is 16.8 Å². The van der Waals surface area contributed by atoms with Crippen molar-refractivity contribution in [3.63, 3.8) is 0 Å². The Kier molecular flexibility index (Phi) is 6.86. The van der Waals surface area contributed by atoms with Gasteiger partial charge in [-0.05, 0) is 24.3 Å². The molecule has 14 heteroatoms. The first kappa shape index (κ1) is 24.1. The van der Waals surface area contributed by atoms with Crippen LogP contribution < -0.4 is 10.6 Å². The maximum Gasteiger partial charge on any atom is 0.201 e. The fourth-order valence-corrected chi connectivity index (χ4v) is 4.99. The Bertz CT molecular complexity index is 1350. The van der Waals surface area contributed by atoms with E-state index in [9.17, 15) is 26.8 Å². The number of rotatable bonds is 6. The summed E-state index contributed by atoms with van der Waals surface area (Å²) in [6.07, 6.45) is 0. The molecular formula is C20H20ClF3N6O3S. The van der Waals surface area contributed by atoms with E-state index in [1.54, 1.807) is 0 Å². The zero-order chi connectivity index (χ0) is 24.5. The first-order chi connectivity index (χ1) is 16.2. The molecule has 1 saturated heterocycles. The molecule has 0 spiro atoms. The summed E-state index contributed by atoms with van der Waals surface area (Å²) in [5.41, 5.74) is -0.0437. The van der Waals surface area contributed by atoms with Crippen LogP contribution in [0.2, 0.25) is 5.02 Å². The Labute approximate surface area is 197 Å². The normalized spacial score (nSPS) is 16.6. The van der Waals surface area contributed by atoms with Crippen LogP contribution in [-0.4, -0.2) is 72.0 Å². The second-order valence-electron chi connectivity index (χ2n) is 7.65. The monoisotopic (exact) mass is 516 g/mol. The number of anilines is 2. The number of imidazole rings is 1. The Morgan fingerprint density at radius 2 is 1.94 bits per heavy atom. The van der Waals surface area contributed by atoms with Gasteiger partial charge in [0.15, 0.2) is 27.3 Å². The van der Waals surface area contributed by atoms with Crippen molar-refractivity contribution in [1.29, 1.82) is 0 Å². The molecule has 0 aliphatic carbocycles. The number of H-pyrrole nitrogens is 1. The average Bonchev–Trinajstić information content (AvgIpc) is 3.23. The molecule has 4 rings (SSSR count). The fourth-order valence-electron chi connectivity index (χ4n) is 3.54. The van der Waals surface area contributed by atoms with Crippen LogP contribution in [0.4, 0.5) is 24.8 Å². The second kappa shape index (κ2) is 9.68. The number of benzene rings is 2.